The predicted molar refractivity (Wildman–Crippen MR) is 125 cm³/mol. The zero-order valence-electron chi connectivity index (χ0n) is 18.8. The first kappa shape index (κ1) is 33.7. The maximum atomic E-state index is 12.2. The van der Waals surface area contributed by atoms with Crippen LogP contribution in [0.5, 0.6) is 0 Å². The fourth-order valence-electron chi connectivity index (χ4n) is 4.06. The first-order valence-corrected chi connectivity index (χ1v) is 13.0. The molecule has 9 heteroatoms. The van der Waals surface area contributed by atoms with Gasteiger partial charge in [-0.05, 0) is 12.8 Å². The Morgan fingerprint density at radius 1 is 0.742 bits per heavy atom. The van der Waals surface area contributed by atoms with Crippen molar-refractivity contribution < 1.29 is 32.8 Å². The van der Waals surface area contributed by atoms with Crippen molar-refractivity contribution in [2.75, 3.05) is 0 Å². The van der Waals surface area contributed by atoms with E-state index in [0.717, 1.165) is 64.2 Å². The number of carbonyl (C=O) groups is 2. The van der Waals surface area contributed by atoms with Crippen LogP contribution in [0, 0.1) is 5.92 Å². The Kier molecular flexibility index (Phi) is 20.5. The van der Waals surface area contributed by atoms with Crippen LogP contribution in [0.15, 0.2) is 0 Å². The second kappa shape index (κ2) is 18.9. The molecule has 0 rings (SSSR count). The summed E-state index contributed by atoms with van der Waals surface area (Å²) in [5, 5.41) is 19.4. The van der Waals surface area contributed by atoms with Crippen molar-refractivity contribution in [3.05, 3.63) is 0 Å². The summed E-state index contributed by atoms with van der Waals surface area (Å²) in [6.45, 7) is 4.22. The van der Waals surface area contributed by atoms with Gasteiger partial charge >= 0.3 is 63.3 Å². The summed E-state index contributed by atoms with van der Waals surface area (Å²) in [4.78, 5) is 23.9. The van der Waals surface area contributed by atoms with Crippen LogP contribution in [0.25, 0.3) is 0 Å². The van der Waals surface area contributed by atoms with Gasteiger partial charge < -0.3 is 10.2 Å². The molecular formula is C22H43KO7S. The van der Waals surface area contributed by atoms with Crippen LogP contribution in [0.3, 0.4) is 0 Å². The molecule has 0 saturated carbocycles. The van der Waals surface area contributed by atoms with Crippen molar-refractivity contribution in [1.82, 2.24) is 0 Å². The van der Waals surface area contributed by atoms with E-state index in [2.05, 4.69) is 13.8 Å². The molecule has 3 N–H and O–H groups in total. The van der Waals surface area contributed by atoms with E-state index in [-0.39, 0.29) is 70.6 Å². The van der Waals surface area contributed by atoms with Crippen LogP contribution in [0.2, 0.25) is 0 Å². The Morgan fingerprint density at radius 3 is 1.48 bits per heavy atom. The average molecular weight is 491 g/mol. The van der Waals surface area contributed by atoms with Crippen LogP contribution < -0.4 is 0 Å². The summed E-state index contributed by atoms with van der Waals surface area (Å²) in [6, 6.07) is 0. The van der Waals surface area contributed by atoms with Gasteiger partial charge in [0, 0.05) is 0 Å². The van der Waals surface area contributed by atoms with E-state index in [1.807, 2.05) is 0 Å². The summed E-state index contributed by atoms with van der Waals surface area (Å²) < 4.78 is 31.5. The molecule has 0 heterocycles. The molecule has 0 bridgehead atoms. The number of hydrogen-bond donors (Lipinski definition) is 3. The van der Waals surface area contributed by atoms with E-state index in [9.17, 15) is 32.8 Å². The third kappa shape index (κ3) is 12.5. The van der Waals surface area contributed by atoms with Crippen LogP contribution in [-0.4, -0.2) is 91.3 Å². The Bertz CT molecular complexity index is 595. The molecule has 0 radical (unpaired) electrons. The molecule has 2 unspecified atom stereocenters. The van der Waals surface area contributed by atoms with Gasteiger partial charge in [-0.15, -0.1) is 0 Å². The summed E-state index contributed by atoms with van der Waals surface area (Å²) in [6.07, 6.45) is 11.9. The third-order valence-corrected chi connectivity index (χ3v) is 7.52. The topological polar surface area (TPSA) is 129 Å². The monoisotopic (exact) mass is 490 g/mol. The molecule has 0 saturated heterocycles. The number of carboxylic acids is 2. The first-order valence-electron chi connectivity index (χ1n) is 11.6. The summed E-state index contributed by atoms with van der Waals surface area (Å²) in [5.74, 6) is -4.92. The number of carboxylic acid groups (broad SMARTS) is 2. The average Bonchev–Trinajstić information content (AvgIpc) is 2.65. The Balaban J connectivity index is 0. The van der Waals surface area contributed by atoms with Crippen molar-refractivity contribution >= 4 is 73.4 Å². The van der Waals surface area contributed by atoms with Crippen LogP contribution in [0.1, 0.15) is 117 Å². The van der Waals surface area contributed by atoms with E-state index >= 15 is 0 Å². The van der Waals surface area contributed by atoms with E-state index in [4.69, 9.17) is 0 Å². The fourth-order valence-corrected chi connectivity index (χ4v) is 5.26. The van der Waals surface area contributed by atoms with Crippen LogP contribution in [0.4, 0.5) is 0 Å². The Labute approximate surface area is 231 Å². The van der Waals surface area contributed by atoms with Crippen LogP contribution >= 0.6 is 0 Å². The van der Waals surface area contributed by atoms with E-state index < -0.39 is 32.7 Å². The molecule has 0 aromatic carbocycles. The molecule has 0 aromatic heterocycles. The maximum absolute atomic E-state index is 12.2. The van der Waals surface area contributed by atoms with Gasteiger partial charge in [0.2, 0.25) is 4.75 Å². The van der Waals surface area contributed by atoms with Crippen molar-refractivity contribution in [2.45, 2.75) is 121 Å². The predicted octanol–water partition coefficient (Wildman–Crippen LogP) is 5.03. The van der Waals surface area contributed by atoms with Gasteiger partial charge in [-0.25, -0.2) is 0 Å². The zero-order valence-corrected chi connectivity index (χ0v) is 19.6. The molecule has 0 aromatic rings. The molecule has 0 amide bonds. The molecule has 7 nitrogen and oxygen atoms in total. The van der Waals surface area contributed by atoms with Gasteiger partial charge in [-0.2, -0.15) is 8.42 Å². The van der Waals surface area contributed by atoms with Gasteiger partial charge in [-0.1, -0.05) is 104 Å². The van der Waals surface area contributed by atoms with Crippen molar-refractivity contribution in [1.29, 1.82) is 0 Å². The molecule has 0 fully saturated rings. The fraction of sp³-hybridized carbons (Fsp3) is 0.909. The molecule has 180 valence electrons. The second-order valence-corrected chi connectivity index (χ2v) is 10.0. The van der Waals surface area contributed by atoms with Gasteiger partial charge in [0.05, 0.1) is 5.92 Å². The summed E-state index contributed by atoms with van der Waals surface area (Å²) >= 11 is 0. The number of rotatable bonds is 20. The third-order valence-electron chi connectivity index (χ3n) is 5.93. The van der Waals surface area contributed by atoms with E-state index in [1.54, 1.807) is 0 Å². The van der Waals surface area contributed by atoms with Gasteiger partial charge in [0.25, 0.3) is 10.1 Å². The van der Waals surface area contributed by atoms with Gasteiger partial charge in [0.15, 0.2) is 0 Å². The van der Waals surface area contributed by atoms with Crippen molar-refractivity contribution in [2.24, 2.45) is 5.92 Å². The minimum atomic E-state index is -5.11. The summed E-state index contributed by atoms with van der Waals surface area (Å²) in [7, 11) is -5.11. The molecule has 0 spiro atoms. The number of unbranched alkanes of at least 4 members (excludes halogenated alkanes) is 12. The molecular weight excluding hydrogens is 447 g/mol. The Morgan fingerprint density at radius 2 is 1.13 bits per heavy atom. The molecule has 0 aliphatic rings. The van der Waals surface area contributed by atoms with Gasteiger partial charge in [-0.3, -0.25) is 14.1 Å². The molecule has 0 aliphatic heterocycles. The Hall–Kier alpha value is 0.486. The van der Waals surface area contributed by atoms with Gasteiger partial charge in [0.1, 0.15) is 0 Å². The molecule has 31 heavy (non-hydrogen) atoms. The SMILES string of the molecule is CCCCCCCCCC(C(=O)O)C(CCCCCCCCC)(C(=O)O)S(=O)(=O)O.[KH]. The van der Waals surface area contributed by atoms with E-state index in [0.29, 0.717) is 19.3 Å². The second-order valence-electron chi connectivity index (χ2n) is 8.34. The van der Waals surface area contributed by atoms with Crippen LogP contribution in [-0.2, 0) is 19.7 Å². The standard InChI is InChI=1S/C22H42O7S.K.H/c1-3-5-7-9-11-13-15-17-19(20(23)24)22(21(25)26,30(27,28)29)18-16-14-12-10-8-6-4-2;;/h19H,3-18H2,1-2H3,(H,23,24)(H,25,26)(H,27,28,29);;. The van der Waals surface area contributed by atoms with Crippen molar-refractivity contribution in [3.63, 3.8) is 0 Å². The van der Waals surface area contributed by atoms with E-state index in [1.165, 1.54) is 0 Å². The number of aliphatic carboxylic acids is 2. The number of hydrogen-bond acceptors (Lipinski definition) is 4. The normalized spacial score (nSPS) is 14.4. The zero-order chi connectivity index (χ0) is 23.0. The molecule has 0 aliphatic carbocycles. The molecule has 2 atom stereocenters. The quantitative estimate of drug-likeness (QED) is 0.124. The first-order chi connectivity index (χ1) is 14.1. The summed E-state index contributed by atoms with van der Waals surface area (Å²) in [5.41, 5.74) is 0. The minimum absolute atomic E-state index is 0. The van der Waals surface area contributed by atoms with Crippen molar-refractivity contribution in [3.8, 4) is 0 Å².